The third kappa shape index (κ3) is 3.72. The summed E-state index contributed by atoms with van der Waals surface area (Å²) >= 11 is 0. The van der Waals surface area contributed by atoms with E-state index in [1.807, 2.05) is 31.2 Å². The molecule has 0 radical (unpaired) electrons. The summed E-state index contributed by atoms with van der Waals surface area (Å²) in [4.78, 5) is 23.5. The molecule has 5 heteroatoms. The average molecular weight is 324 g/mol. The quantitative estimate of drug-likeness (QED) is 0.929. The Labute approximate surface area is 143 Å². The number of hydrogen-bond acceptors (Lipinski definition) is 4. The summed E-state index contributed by atoms with van der Waals surface area (Å²) in [7, 11) is 0. The van der Waals surface area contributed by atoms with E-state index in [1.54, 1.807) is 12.4 Å². The molecule has 0 spiro atoms. The van der Waals surface area contributed by atoms with E-state index in [0.29, 0.717) is 11.6 Å². The maximum atomic E-state index is 12.3. The van der Waals surface area contributed by atoms with Crippen molar-refractivity contribution in [3.8, 4) is 0 Å². The maximum absolute atomic E-state index is 12.3. The molecule has 2 aromatic rings. The molecule has 0 aliphatic carbocycles. The fraction of sp³-hybridized carbons (Fsp3) is 0.421. The lowest BCUT2D eigenvalue weighted by Crippen LogP contribution is -2.40. The van der Waals surface area contributed by atoms with Crippen molar-refractivity contribution < 1.29 is 4.79 Å². The Balaban J connectivity index is 1.70. The van der Waals surface area contributed by atoms with E-state index in [1.165, 1.54) is 19.3 Å². The van der Waals surface area contributed by atoms with Gasteiger partial charge in [-0.05, 0) is 50.3 Å². The van der Waals surface area contributed by atoms with Gasteiger partial charge >= 0.3 is 0 Å². The summed E-state index contributed by atoms with van der Waals surface area (Å²) < 4.78 is 0. The van der Waals surface area contributed by atoms with Crippen LogP contribution in [0.5, 0.6) is 0 Å². The molecule has 24 heavy (non-hydrogen) atoms. The van der Waals surface area contributed by atoms with Crippen molar-refractivity contribution in [3.63, 3.8) is 0 Å². The molecule has 0 saturated carbocycles. The fourth-order valence-corrected chi connectivity index (χ4v) is 3.20. The zero-order valence-corrected chi connectivity index (χ0v) is 14.3. The van der Waals surface area contributed by atoms with Gasteiger partial charge in [0.15, 0.2) is 0 Å². The minimum atomic E-state index is -0.183. The summed E-state index contributed by atoms with van der Waals surface area (Å²) in [6, 6.07) is 8.24. The normalized spacial score (nSPS) is 17.6. The van der Waals surface area contributed by atoms with Crippen LogP contribution in [0.25, 0.3) is 0 Å². The van der Waals surface area contributed by atoms with Crippen molar-refractivity contribution in [2.24, 2.45) is 0 Å². The largest absolute Gasteiger partial charge is 0.338 e. The van der Waals surface area contributed by atoms with Crippen LogP contribution in [0.1, 0.15) is 48.5 Å². The minimum absolute atomic E-state index is 0.183. The molecule has 1 aliphatic rings. The topological polar surface area (TPSA) is 58.1 Å². The predicted octanol–water partition coefficient (Wildman–Crippen LogP) is 3.81. The molecule has 2 heterocycles. The predicted molar refractivity (Wildman–Crippen MR) is 96.4 cm³/mol. The molecule has 1 atom stereocenters. The molecule has 1 aliphatic heterocycles. The molecule has 3 rings (SSSR count). The lowest BCUT2D eigenvalue weighted by Gasteiger charge is -2.35. The first-order valence-electron chi connectivity index (χ1n) is 8.64. The summed E-state index contributed by atoms with van der Waals surface area (Å²) in [6.45, 7) is 5.19. The molecule has 1 amide bonds. The molecular weight excluding hydrogens is 300 g/mol. The standard InChI is InChI=1S/C19H24N4O/c1-3-17-9-4-5-10-23(17)19-20-12-15(13-21-19)18(24)22-16-8-6-7-14(2)11-16/h6-8,11-13,17H,3-5,9-10H2,1-2H3,(H,22,24). The summed E-state index contributed by atoms with van der Waals surface area (Å²) in [5.74, 6) is 0.548. The van der Waals surface area contributed by atoms with Gasteiger partial charge < -0.3 is 10.2 Å². The number of hydrogen-bond donors (Lipinski definition) is 1. The van der Waals surface area contributed by atoms with Gasteiger partial charge in [0.25, 0.3) is 5.91 Å². The highest BCUT2D eigenvalue weighted by Crippen LogP contribution is 2.23. The van der Waals surface area contributed by atoms with Crippen LogP contribution in [0.15, 0.2) is 36.7 Å². The Morgan fingerprint density at radius 2 is 2.08 bits per heavy atom. The Hall–Kier alpha value is -2.43. The third-order valence-corrected chi connectivity index (χ3v) is 4.53. The number of carbonyl (C=O) groups excluding carboxylic acids is 1. The smallest absolute Gasteiger partial charge is 0.258 e. The van der Waals surface area contributed by atoms with Crippen LogP contribution in [-0.4, -0.2) is 28.5 Å². The van der Waals surface area contributed by atoms with Gasteiger partial charge in [-0.1, -0.05) is 19.1 Å². The van der Waals surface area contributed by atoms with Crippen LogP contribution < -0.4 is 10.2 Å². The van der Waals surface area contributed by atoms with Crippen LogP contribution >= 0.6 is 0 Å². The molecule has 1 saturated heterocycles. The van der Waals surface area contributed by atoms with Crippen molar-refractivity contribution in [2.75, 3.05) is 16.8 Å². The number of nitrogens with one attached hydrogen (secondary N) is 1. The Morgan fingerprint density at radius 3 is 2.79 bits per heavy atom. The number of carbonyl (C=O) groups is 1. The molecule has 0 bridgehead atoms. The van der Waals surface area contributed by atoms with E-state index in [9.17, 15) is 4.79 Å². The molecule has 1 N–H and O–H groups in total. The van der Waals surface area contributed by atoms with Crippen LogP contribution in [0.2, 0.25) is 0 Å². The van der Waals surface area contributed by atoms with Crippen LogP contribution in [0.4, 0.5) is 11.6 Å². The lowest BCUT2D eigenvalue weighted by atomic mass is 10.0. The van der Waals surface area contributed by atoms with Crippen LogP contribution in [-0.2, 0) is 0 Å². The third-order valence-electron chi connectivity index (χ3n) is 4.53. The van der Waals surface area contributed by atoms with Gasteiger partial charge in [-0.3, -0.25) is 4.79 Å². The number of piperidine rings is 1. The van der Waals surface area contributed by atoms with Crippen molar-refractivity contribution in [2.45, 2.75) is 45.6 Å². The zero-order valence-electron chi connectivity index (χ0n) is 14.3. The minimum Gasteiger partial charge on any atom is -0.338 e. The second-order valence-corrected chi connectivity index (χ2v) is 6.35. The molecule has 1 aromatic carbocycles. The Bertz CT molecular complexity index is 699. The van der Waals surface area contributed by atoms with Crippen molar-refractivity contribution in [1.82, 2.24) is 9.97 Å². The number of aryl methyl sites for hydroxylation is 1. The number of nitrogens with zero attached hydrogens (tertiary/aromatic N) is 3. The van der Waals surface area contributed by atoms with E-state index < -0.39 is 0 Å². The molecular formula is C19H24N4O. The summed E-state index contributed by atoms with van der Waals surface area (Å²) in [5.41, 5.74) is 2.37. The fourth-order valence-electron chi connectivity index (χ4n) is 3.20. The van der Waals surface area contributed by atoms with Crippen molar-refractivity contribution >= 4 is 17.5 Å². The maximum Gasteiger partial charge on any atom is 0.258 e. The van der Waals surface area contributed by atoms with Gasteiger partial charge in [-0.2, -0.15) is 0 Å². The SMILES string of the molecule is CCC1CCCCN1c1ncc(C(=O)Nc2cccc(C)c2)cn1. The second-order valence-electron chi connectivity index (χ2n) is 6.35. The Morgan fingerprint density at radius 1 is 1.29 bits per heavy atom. The Kier molecular flexibility index (Phi) is 5.08. The number of anilines is 2. The zero-order chi connectivity index (χ0) is 16.9. The summed E-state index contributed by atoms with van der Waals surface area (Å²) in [6.07, 6.45) is 7.97. The highest BCUT2D eigenvalue weighted by atomic mass is 16.1. The van der Waals surface area contributed by atoms with Crippen molar-refractivity contribution in [3.05, 3.63) is 47.8 Å². The second kappa shape index (κ2) is 7.43. The molecule has 126 valence electrons. The van der Waals surface area contributed by atoms with Crippen LogP contribution in [0, 0.1) is 6.92 Å². The van der Waals surface area contributed by atoms with Crippen molar-refractivity contribution in [1.29, 1.82) is 0 Å². The van der Waals surface area contributed by atoms with Gasteiger partial charge in [0.05, 0.1) is 5.56 Å². The van der Waals surface area contributed by atoms with E-state index in [2.05, 4.69) is 27.1 Å². The molecule has 1 fully saturated rings. The van der Waals surface area contributed by atoms with Gasteiger partial charge in [0.2, 0.25) is 5.95 Å². The molecule has 1 unspecified atom stereocenters. The van der Waals surface area contributed by atoms with Gasteiger partial charge in [0, 0.05) is 30.7 Å². The van der Waals surface area contributed by atoms with Crippen LogP contribution in [0.3, 0.4) is 0 Å². The molecule has 1 aromatic heterocycles. The number of rotatable bonds is 4. The van der Waals surface area contributed by atoms with E-state index in [4.69, 9.17) is 0 Å². The van der Waals surface area contributed by atoms with Gasteiger partial charge in [-0.25, -0.2) is 9.97 Å². The monoisotopic (exact) mass is 324 g/mol. The number of aromatic nitrogens is 2. The van der Waals surface area contributed by atoms with E-state index in [0.717, 1.165) is 30.2 Å². The first kappa shape index (κ1) is 16.4. The van der Waals surface area contributed by atoms with Gasteiger partial charge in [-0.15, -0.1) is 0 Å². The van der Waals surface area contributed by atoms with E-state index >= 15 is 0 Å². The molecule has 5 nitrogen and oxygen atoms in total. The average Bonchev–Trinajstić information content (AvgIpc) is 2.62. The lowest BCUT2D eigenvalue weighted by molar-refractivity contribution is 0.102. The number of benzene rings is 1. The highest BCUT2D eigenvalue weighted by molar-refractivity contribution is 6.03. The van der Waals surface area contributed by atoms with E-state index in [-0.39, 0.29) is 5.91 Å². The first-order valence-corrected chi connectivity index (χ1v) is 8.64. The summed E-state index contributed by atoms with van der Waals surface area (Å²) in [5, 5.41) is 2.89. The highest BCUT2D eigenvalue weighted by Gasteiger charge is 2.23. The number of amides is 1. The van der Waals surface area contributed by atoms with Gasteiger partial charge in [0.1, 0.15) is 0 Å². The first-order chi connectivity index (χ1) is 11.7.